The van der Waals surface area contributed by atoms with Crippen molar-refractivity contribution in [3.05, 3.63) is 52.1 Å². The predicted molar refractivity (Wildman–Crippen MR) is 71.5 cm³/mol. The van der Waals surface area contributed by atoms with Gasteiger partial charge in [0.2, 0.25) is 5.76 Å². The van der Waals surface area contributed by atoms with E-state index in [1.807, 2.05) is 0 Å². The van der Waals surface area contributed by atoms with E-state index in [1.165, 1.54) is 19.2 Å². The third kappa shape index (κ3) is 3.35. The molecule has 0 spiro atoms. The molecular weight excluding hydrogens is 317 g/mol. The number of benzene rings is 1. The molecule has 1 aromatic carbocycles. The van der Waals surface area contributed by atoms with Crippen molar-refractivity contribution in [1.82, 2.24) is 0 Å². The van der Waals surface area contributed by atoms with E-state index in [4.69, 9.17) is 4.42 Å². The fourth-order valence-corrected chi connectivity index (χ4v) is 1.99. The average molecular weight is 328 g/mol. The Bertz CT molecular complexity index is 597. The van der Waals surface area contributed by atoms with Crippen molar-refractivity contribution in [3.63, 3.8) is 0 Å². The van der Waals surface area contributed by atoms with Crippen LogP contribution in [-0.2, 0) is 11.3 Å². The smallest absolute Gasteiger partial charge is 0.373 e. The van der Waals surface area contributed by atoms with Crippen LogP contribution in [0, 0.1) is 5.82 Å². The van der Waals surface area contributed by atoms with Gasteiger partial charge in [-0.1, -0.05) is 0 Å². The molecule has 100 valence electrons. The van der Waals surface area contributed by atoms with Gasteiger partial charge in [0.25, 0.3) is 0 Å². The molecule has 2 rings (SSSR count). The molecule has 1 N–H and O–H groups in total. The number of hydrogen-bond acceptors (Lipinski definition) is 4. The third-order valence-electron chi connectivity index (χ3n) is 2.43. The minimum Gasteiger partial charge on any atom is -0.463 e. The number of furan rings is 1. The van der Waals surface area contributed by atoms with E-state index in [0.717, 1.165) is 5.69 Å². The molecule has 0 saturated carbocycles. The number of halogens is 2. The molecular formula is C13H11BrFNO3. The van der Waals surface area contributed by atoms with Crippen molar-refractivity contribution in [1.29, 1.82) is 0 Å². The van der Waals surface area contributed by atoms with Gasteiger partial charge >= 0.3 is 5.97 Å². The number of hydrogen-bond donors (Lipinski definition) is 1. The van der Waals surface area contributed by atoms with Crippen LogP contribution in [0.5, 0.6) is 0 Å². The normalized spacial score (nSPS) is 10.3. The van der Waals surface area contributed by atoms with Crippen molar-refractivity contribution < 1.29 is 18.3 Å². The number of rotatable bonds is 4. The van der Waals surface area contributed by atoms with Crippen molar-refractivity contribution in [2.45, 2.75) is 6.54 Å². The Morgan fingerprint density at radius 3 is 2.89 bits per heavy atom. The fourth-order valence-electron chi connectivity index (χ4n) is 1.50. The number of anilines is 1. The molecule has 0 radical (unpaired) electrons. The summed E-state index contributed by atoms with van der Waals surface area (Å²) in [6.45, 7) is 0.376. The molecule has 0 saturated heterocycles. The lowest BCUT2D eigenvalue weighted by Crippen LogP contribution is -2.00. The first kappa shape index (κ1) is 13.6. The highest BCUT2D eigenvalue weighted by Crippen LogP contribution is 2.23. The van der Waals surface area contributed by atoms with Crippen LogP contribution in [0.15, 0.2) is 39.2 Å². The standard InChI is InChI=1S/C13H11BrFNO3/c1-18-13(17)12-5-3-9(19-12)7-16-11-4-2-8(15)6-10(11)14/h2-6,16H,7H2,1H3. The van der Waals surface area contributed by atoms with Crippen molar-refractivity contribution in [3.8, 4) is 0 Å². The van der Waals surface area contributed by atoms with E-state index in [2.05, 4.69) is 26.0 Å². The molecule has 19 heavy (non-hydrogen) atoms. The lowest BCUT2D eigenvalue weighted by molar-refractivity contribution is 0.0563. The van der Waals surface area contributed by atoms with Crippen LogP contribution < -0.4 is 5.32 Å². The number of carbonyl (C=O) groups excluding carboxylic acids is 1. The minimum absolute atomic E-state index is 0.150. The summed E-state index contributed by atoms with van der Waals surface area (Å²) < 4.78 is 23.4. The number of nitrogens with one attached hydrogen (secondary N) is 1. The van der Waals surface area contributed by atoms with Gasteiger partial charge in [0.05, 0.1) is 13.7 Å². The molecule has 0 amide bonds. The lowest BCUT2D eigenvalue weighted by atomic mass is 10.3. The minimum atomic E-state index is -0.519. The molecule has 0 bridgehead atoms. The first-order chi connectivity index (χ1) is 9.10. The van der Waals surface area contributed by atoms with Crippen LogP contribution in [-0.4, -0.2) is 13.1 Å². The predicted octanol–water partition coefficient (Wildman–Crippen LogP) is 3.58. The zero-order chi connectivity index (χ0) is 13.8. The van der Waals surface area contributed by atoms with Gasteiger partial charge in [-0.05, 0) is 46.3 Å². The summed E-state index contributed by atoms with van der Waals surface area (Å²) in [5.41, 5.74) is 0.734. The molecule has 0 fully saturated rings. The van der Waals surface area contributed by atoms with Crippen molar-refractivity contribution in [2.24, 2.45) is 0 Å². The summed E-state index contributed by atoms with van der Waals surface area (Å²) in [6.07, 6.45) is 0. The Morgan fingerprint density at radius 2 is 2.21 bits per heavy atom. The highest BCUT2D eigenvalue weighted by Gasteiger charge is 2.11. The number of carbonyl (C=O) groups is 1. The summed E-state index contributed by atoms with van der Waals surface area (Å²) >= 11 is 3.25. The second-order valence-electron chi connectivity index (χ2n) is 3.74. The summed E-state index contributed by atoms with van der Waals surface area (Å²) in [5.74, 6) is -0.105. The molecule has 1 aromatic heterocycles. The highest BCUT2D eigenvalue weighted by molar-refractivity contribution is 9.10. The van der Waals surface area contributed by atoms with Gasteiger partial charge in [0.15, 0.2) is 0 Å². The molecule has 0 aliphatic carbocycles. The van der Waals surface area contributed by atoms with Crippen molar-refractivity contribution >= 4 is 27.6 Å². The van der Waals surface area contributed by atoms with E-state index in [1.54, 1.807) is 18.2 Å². The quantitative estimate of drug-likeness (QED) is 0.872. The molecule has 4 nitrogen and oxygen atoms in total. The number of methoxy groups -OCH3 is 1. The van der Waals surface area contributed by atoms with Gasteiger partial charge in [-0.2, -0.15) is 0 Å². The van der Waals surface area contributed by atoms with Crippen LogP contribution in [0.2, 0.25) is 0 Å². The van der Waals surface area contributed by atoms with Gasteiger partial charge in [0, 0.05) is 10.2 Å². The zero-order valence-corrected chi connectivity index (χ0v) is 11.7. The Hall–Kier alpha value is -1.82. The fraction of sp³-hybridized carbons (Fsp3) is 0.154. The van der Waals surface area contributed by atoms with E-state index in [9.17, 15) is 9.18 Å². The molecule has 0 unspecified atom stereocenters. The SMILES string of the molecule is COC(=O)c1ccc(CNc2ccc(F)cc2Br)o1. The number of ether oxygens (including phenoxy) is 1. The van der Waals surface area contributed by atoms with Gasteiger partial charge in [-0.3, -0.25) is 0 Å². The topological polar surface area (TPSA) is 51.5 Å². The van der Waals surface area contributed by atoms with Crippen LogP contribution in [0.4, 0.5) is 10.1 Å². The van der Waals surface area contributed by atoms with Crippen molar-refractivity contribution in [2.75, 3.05) is 12.4 Å². The van der Waals surface area contributed by atoms with Crippen LogP contribution in [0.25, 0.3) is 0 Å². The largest absolute Gasteiger partial charge is 0.463 e. The monoisotopic (exact) mass is 327 g/mol. The maximum Gasteiger partial charge on any atom is 0.373 e. The summed E-state index contributed by atoms with van der Waals surface area (Å²) in [5, 5.41) is 3.07. The van der Waals surface area contributed by atoms with E-state index < -0.39 is 5.97 Å². The van der Waals surface area contributed by atoms with Crippen LogP contribution in [0.1, 0.15) is 16.3 Å². The first-order valence-corrected chi connectivity index (χ1v) is 6.25. The lowest BCUT2D eigenvalue weighted by Gasteiger charge is -2.06. The van der Waals surface area contributed by atoms with E-state index >= 15 is 0 Å². The molecule has 1 heterocycles. The third-order valence-corrected chi connectivity index (χ3v) is 3.09. The molecule has 0 aliphatic heterocycles. The Balaban J connectivity index is 2.02. The van der Waals surface area contributed by atoms with Gasteiger partial charge < -0.3 is 14.5 Å². The van der Waals surface area contributed by atoms with Crippen LogP contribution >= 0.6 is 15.9 Å². The van der Waals surface area contributed by atoms with Gasteiger partial charge in [0.1, 0.15) is 11.6 Å². The summed E-state index contributed by atoms with van der Waals surface area (Å²) in [6, 6.07) is 7.56. The number of esters is 1. The molecule has 0 aliphatic rings. The second-order valence-corrected chi connectivity index (χ2v) is 4.59. The van der Waals surface area contributed by atoms with Gasteiger partial charge in [-0.25, -0.2) is 9.18 Å². The van der Waals surface area contributed by atoms with E-state index in [0.29, 0.717) is 16.8 Å². The molecule has 0 atom stereocenters. The maximum absolute atomic E-state index is 12.9. The second kappa shape index (κ2) is 5.88. The maximum atomic E-state index is 12.9. The highest BCUT2D eigenvalue weighted by atomic mass is 79.9. The van der Waals surface area contributed by atoms with Crippen LogP contribution in [0.3, 0.4) is 0 Å². The average Bonchev–Trinajstić information content (AvgIpc) is 2.85. The Labute approximate surface area is 117 Å². The Morgan fingerprint density at radius 1 is 1.42 bits per heavy atom. The van der Waals surface area contributed by atoms with Gasteiger partial charge in [-0.15, -0.1) is 0 Å². The Kier molecular flexibility index (Phi) is 4.21. The summed E-state index contributed by atoms with van der Waals surface area (Å²) in [4.78, 5) is 11.2. The molecule has 2 aromatic rings. The first-order valence-electron chi connectivity index (χ1n) is 5.46. The zero-order valence-electron chi connectivity index (χ0n) is 10.1. The molecule has 6 heteroatoms. The summed E-state index contributed by atoms with van der Waals surface area (Å²) in [7, 11) is 1.29. The van der Waals surface area contributed by atoms with E-state index in [-0.39, 0.29) is 11.6 Å².